The zero-order valence-corrected chi connectivity index (χ0v) is 16.5. The van der Waals surface area contributed by atoms with Crippen molar-refractivity contribution in [2.24, 2.45) is 0 Å². The van der Waals surface area contributed by atoms with Crippen LogP contribution in [-0.4, -0.2) is 28.2 Å². The summed E-state index contributed by atoms with van der Waals surface area (Å²) in [5.41, 5.74) is 3.50. The first-order chi connectivity index (χ1) is 14.6. The molecule has 1 N–H and O–H groups in total. The quantitative estimate of drug-likeness (QED) is 0.462. The number of methoxy groups -OCH3 is 1. The van der Waals surface area contributed by atoms with Crippen molar-refractivity contribution in [1.29, 1.82) is 0 Å². The van der Waals surface area contributed by atoms with E-state index in [1.54, 1.807) is 42.3 Å². The molecule has 0 atom stereocenters. The molecular formula is C23H19FN4O2. The molecule has 4 rings (SSSR count). The van der Waals surface area contributed by atoms with Crippen LogP contribution in [0, 0.1) is 12.7 Å². The van der Waals surface area contributed by atoms with Crippen molar-refractivity contribution in [2.75, 3.05) is 12.4 Å². The average Bonchev–Trinajstić information content (AvgIpc) is 3.17. The zero-order valence-electron chi connectivity index (χ0n) is 16.5. The third-order valence-corrected chi connectivity index (χ3v) is 4.69. The molecule has 6 nitrogen and oxygen atoms in total. The van der Waals surface area contributed by atoms with Crippen LogP contribution in [0.1, 0.15) is 15.9 Å². The minimum absolute atomic E-state index is 0.318. The monoisotopic (exact) mass is 402 g/mol. The number of halogens is 1. The number of nitrogens with one attached hydrogen (secondary N) is 1. The standard InChI is InChI=1S/C23H19FN4O2/c1-15-5-3-7-20(30-2)22(15)28-21(26-23-17(14-29)6-4-12-25-23)13-19(27-28)16-8-10-18(24)11-9-16/h3-14H,1-2H3,(H,25,26). The summed E-state index contributed by atoms with van der Waals surface area (Å²) in [6, 6.07) is 17.0. The molecule has 0 saturated carbocycles. The Kier molecular flexibility index (Phi) is 5.26. The van der Waals surface area contributed by atoms with Crippen LogP contribution in [0.15, 0.2) is 66.9 Å². The number of hydrogen-bond donors (Lipinski definition) is 1. The summed E-state index contributed by atoms with van der Waals surface area (Å²) in [4.78, 5) is 15.7. The van der Waals surface area contributed by atoms with Crippen LogP contribution in [0.4, 0.5) is 16.0 Å². The van der Waals surface area contributed by atoms with Gasteiger partial charge in [-0.05, 0) is 55.0 Å². The number of carbonyl (C=O) groups excluding carboxylic acids is 1. The lowest BCUT2D eigenvalue weighted by molar-refractivity contribution is 0.112. The van der Waals surface area contributed by atoms with E-state index in [4.69, 9.17) is 9.84 Å². The molecule has 0 aliphatic rings. The molecule has 2 aromatic carbocycles. The maximum atomic E-state index is 13.4. The van der Waals surface area contributed by atoms with Crippen LogP contribution < -0.4 is 10.1 Å². The summed E-state index contributed by atoms with van der Waals surface area (Å²) in [5, 5.41) is 7.94. The molecule has 4 aromatic rings. The molecule has 0 aliphatic heterocycles. The molecule has 0 saturated heterocycles. The fourth-order valence-corrected chi connectivity index (χ4v) is 3.21. The number of rotatable bonds is 6. The van der Waals surface area contributed by atoms with Crippen molar-refractivity contribution in [1.82, 2.24) is 14.8 Å². The number of benzene rings is 2. The van der Waals surface area contributed by atoms with Crippen LogP contribution in [0.2, 0.25) is 0 Å². The molecular weight excluding hydrogens is 383 g/mol. The van der Waals surface area contributed by atoms with Crippen LogP contribution in [0.25, 0.3) is 16.9 Å². The third-order valence-electron chi connectivity index (χ3n) is 4.69. The van der Waals surface area contributed by atoms with Crippen molar-refractivity contribution in [2.45, 2.75) is 6.92 Å². The summed E-state index contributed by atoms with van der Waals surface area (Å²) in [7, 11) is 1.60. The van der Waals surface area contributed by atoms with Crippen molar-refractivity contribution in [3.63, 3.8) is 0 Å². The van der Waals surface area contributed by atoms with Crippen molar-refractivity contribution >= 4 is 17.9 Å². The highest BCUT2D eigenvalue weighted by molar-refractivity contribution is 5.84. The Morgan fingerprint density at radius 1 is 1.10 bits per heavy atom. The first-order valence-electron chi connectivity index (χ1n) is 9.28. The van der Waals surface area contributed by atoms with Gasteiger partial charge in [-0.25, -0.2) is 14.1 Å². The minimum atomic E-state index is -0.318. The number of anilines is 2. The van der Waals surface area contributed by atoms with Gasteiger partial charge < -0.3 is 10.1 Å². The summed E-state index contributed by atoms with van der Waals surface area (Å²) in [6.45, 7) is 1.96. The molecule has 0 fully saturated rings. The predicted octanol–water partition coefficient (Wildman–Crippen LogP) is 4.95. The van der Waals surface area contributed by atoms with Gasteiger partial charge in [-0.3, -0.25) is 4.79 Å². The molecule has 0 amide bonds. The van der Waals surface area contributed by atoms with Gasteiger partial charge in [0.15, 0.2) is 6.29 Å². The lowest BCUT2D eigenvalue weighted by Crippen LogP contribution is -2.08. The Hall–Kier alpha value is -4.00. The molecule has 150 valence electrons. The SMILES string of the molecule is COc1cccc(C)c1-n1nc(-c2ccc(F)cc2)cc1Nc1ncccc1C=O. The molecule has 0 bridgehead atoms. The molecule has 2 aromatic heterocycles. The molecule has 0 unspecified atom stereocenters. The number of ether oxygens (including phenoxy) is 1. The Bertz CT molecular complexity index is 1200. The fourth-order valence-electron chi connectivity index (χ4n) is 3.21. The maximum absolute atomic E-state index is 13.4. The number of carbonyl (C=O) groups is 1. The van der Waals surface area contributed by atoms with Gasteiger partial charge in [-0.2, -0.15) is 5.10 Å². The van der Waals surface area contributed by atoms with E-state index in [1.165, 1.54) is 12.1 Å². The molecule has 2 heterocycles. The van der Waals surface area contributed by atoms with Crippen LogP contribution in [0.3, 0.4) is 0 Å². The van der Waals surface area contributed by atoms with Crippen molar-refractivity contribution < 1.29 is 13.9 Å². The lowest BCUT2D eigenvalue weighted by atomic mass is 10.1. The van der Waals surface area contributed by atoms with E-state index in [0.717, 1.165) is 23.1 Å². The normalized spacial score (nSPS) is 10.6. The van der Waals surface area contributed by atoms with Gasteiger partial charge in [0.1, 0.15) is 28.9 Å². The zero-order chi connectivity index (χ0) is 21.1. The van der Waals surface area contributed by atoms with Gasteiger partial charge in [0, 0.05) is 17.8 Å². The van der Waals surface area contributed by atoms with Gasteiger partial charge >= 0.3 is 0 Å². The van der Waals surface area contributed by atoms with Crippen LogP contribution in [-0.2, 0) is 0 Å². The fraction of sp³-hybridized carbons (Fsp3) is 0.0870. The van der Waals surface area contributed by atoms with Crippen molar-refractivity contribution in [3.8, 4) is 22.7 Å². The van der Waals surface area contributed by atoms with Crippen LogP contribution >= 0.6 is 0 Å². The first kappa shape index (κ1) is 19.3. The van der Waals surface area contributed by atoms with Crippen molar-refractivity contribution in [3.05, 3.63) is 83.8 Å². The number of aldehydes is 1. The second-order valence-electron chi connectivity index (χ2n) is 6.64. The maximum Gasteiger partial charge on any atom is 0.153 e. The van der Waals surface area contributed by atoms with E-state index in [0.29, 0.717) is 28.6 Å². The predicted molar refractivity (Wildman–Crippen MR) is 113 cm³/mol. The van der Waals surface area contributed by atoms with E-state index < -0.39 is 0 Å². The highest BCUT2D eigenvalue weighted by Crippen LogP contribution is 2.33. The topological polar surface area (TPSA) is 69.0 Å². The van der Waals surface area contributed by atoms with Gasteiger partial charge in [0.2, 0.25) is 0 Å². The smallest absolute Gasteiger partial charge is 0.153 e. The first-order valence-corrected chi connectivity index (χ1v) is 9.28. The summed E-state index contributed by atoms with van der Waals surface area (Å²) in [6.07, 6.45) is 2.34. The Labute approximate surface area is 173 Å². The molecule has 0 spiro atoms. The molecule has 0 radical (unpaired) electrons. The second kappa shape index (κ2) is 8.16. The third kappa shape index (κ3) is 3.65. The Morgan fingerprint density at radius 3 is 2.63 bits per heavy atom. The van der Waals surface area contributed by atoms with Crippen LogP contribution in [0.5, 0.6) is 5.75 Å². The number of para-hydroxylation sites is 1. The van der Waals surface area contributed by atoms with E-state index in [2.05, 4.69) is 10.3 Å². The summed E-state index contributed by atoms with van der Waals surface area (Å²) in [5.74, 6) is 1.32. The Morgan fingerprint density at radius 2 is 1.90 bits per heavy atom. The van der Waals surface area contributed by atoms with E-state index in [9.17, 15) is 9.18 Å². The van der Waals surface area contributed by atoms with E-state index in [-0.39, 0.29) is 5.82 Å². The minimum Gasteiger partial charge on any atom is -0.494 e. The summed E-state index contributed by atoms with van der Waals surface area (Å²) < 4.78 is 20.6. The highest BCUT2D eigenvalue weighted by atomic mass is 19.1. The number of aryl methyl sites for hydroxylation is 1. The lowest BCUT2D eigenvalue weighted by Gasteiger charge is -2.15. The highest BCUT2D eigenvalue weighted by Gasteiger charge is 2.18. The molecule has 7 heteroatoms. The van der Waals surface area contributed by atoms with Gasteiger partial charge in [0.25, 0.3) is 0 Å². The molecule has 0 aliphatic carbocycles. The van der Waals surface area contributed by atoms with Gasteiger partial charge in [-0.15, -0.1) is 0 Å². The molecule has 30 heavy (non-hydrogen) atoms. The largest absolute Gasteiger partial charge is 0.494 e. The number of pyridine rings is 1. The van der Waals surface area contributed by atoms with E-state index >= 15 is 0 Å². The number of nitrogens with zero attached hydrogens (tertiary/aromatic N) is 3. The van der Waals surface area contributed by atoms with Gasteiger partial charge in [0.05, 0.1) is 18.4 Å². The van der Waals surface area contributed by atoms with Gasteiger partial charge in [-0.1, -0.05) is 12.1 Å². The summed E-state index contributed by atoms with van der Waals surface area (Å²) >= 11 is 0. The number of hydrogen-bond acceptors (Lipinski definition) is 5. The second-order valence-corrected chi connectivity index (χ2v) is 6.64. The Balaban J connectivity index is 1.89. The number of aromatic nitrogens is 3. The average molecular weight is 402 g/mol. The van der Waals surface area contributed by atoms with E-state index in [1.807, 2.05) is 31.2 Å².